The van der Waals surface area contributed by atoms with E-state index < -0.39 is 0 Å². The number of anilines is 1. The Labute approximate surface area is 109 Å². The van der Waals surface area contributed by atoms with Crippen LogP contribution in [0, 0.1) is 0 Å². The second kappa shape index (κ2) is 7.71. The van der Waals surface area contributed by atoms with Crippen LogP contribution in [0.4, 0.5) is 5.69 Å². The van der Waals surface area contributed by atoms with Gasteiger partial charge in [0.25, 0.3) is 0 Å². The van der Waals surface area contributed by atoms with Gasteiger partial charge in [0, 0.05) is 0 Å². The van der Waals surface area contributed by atoms with E-state index in [0.717, 1.165) is 19.4 Å². The molecule has 0 radical (unpaired) electrons. The molecule has 0 atom stereocenters. The predicted octanol–water partition coefficient (Wildman–Crippen LogP) is 2.37. The van der Waals surface area contributed by atoms with Gasteiger partial charge in [-0.15, -0.1) is 0 Å². The number of amides is 1. The number of nitrogens with one attached hydrogen (secondary N) is 1. The lowest BCUT2D eigenvalue weighted by Gasteiger charge is -2.16. The minimum Gasteiger partial charge on any atom is -0.495 e. The summed E-state index contributed by atoms with van der Waals surface area (Å²) < 4.78 is 5.19. The zero-order valence-corrected chi connectivity index (χ0v) is 11.4. The van der Waals surface area contributed by atoms with Crippen molar-refractivity contribution < 1.29 is 9.53 Å². The summed E-state index contributed by atoms with van der Waals surface area (Å²) in [7, 11) is 3.55. The number of para-hydroxylation sites is 2. The van der Waals surface area contributed by atoms with Gasteiger partial charge in [-0.2, -0.15) is 0 Å². The van der Waals surface area contributed by atoms with Crippen molar-refractivity contribution in [2.75, 3.05) is 32.6 Å². The predicted molar refractivity (Wildman–Crippen MR) is 74.0 cm³/mol. The maximum Gasteiger partial charge on any atom is 0.238 e. The number of nitrogens with zero attached hydrogens (tertiary/aromatic N) is 1. The normalized spacial score (nSPS) is 10.4. The van der Waals surface area contributed by atoms with E-state index in [1.807, 2.05) is 36.2 Å². The molecule has 0 aromatic heterocycles. The third kappa shape index (κ3) is 4.75. The molecule has 1 rings (SSSR count). The van der Waals surface area contributed by atoms with Gasteiger partial charge in [0.2, 0.25) is 5.91 Å². The van der Waals surface area contributed by atoms with Gasteiger partial charge in [0.05, 0.1) is 19.3 Å². The first-order valence-corrected chi connectivity index (χ1v) is 6.28. The molecule has 0 fully saturated rings. The van der Waals surface area contributed by atoms with Crippen LogP contribution in [0.15, 0.2) is 24.3 Å². The standard InChI is InChI=1S/C14H22N2O2/c1-4-5-10-16(2)11-14(17)15-12-8-6-7-9-13(12)18-3/h6-9H,4-5,10-11H2,1-3H3,(H,15,17). The Morgan fingerprint density at radius 2 is 2.11 bits per heavy atom. The second-order valence-electron chi connectivity index (χ2n) is 4.34. The summed E-state index contributed by atoms with van der Waals surface area (Å²) in [6, 6.07) is 7.42. The van der Waals surface area contributed by atoms with Crippen molar-refractivity contribution in [1.82, 2.24) is 4.90 Å². The fourth-order valence-electron chi connectivity index (χ4n) is 1.69. The lowest BCUT2D eigenvalue weighted by atomic mass is 10.3. The van der Waals surface area contributed by atoms with Crippen LogP contribution in [-0.4, -0.2) is 38.1 Å². The van der Waals surface area contributed by atoms with Gasteiger partial charge in [0.15, 0.2) is 0 Å². The molecule has 0 saturated carbocycles. The molecule has 0 aliphatic rings. The summed E-state index contributed by atoms with van der Waals surface area (Å²) >= 11 is 0. The van der Waals surface area contributed by atoms with Crippen molar-refractivity contribution in [1.29, 1.82) is 0 Å². The molecule has 0 aliphatic heterocycles. The van der Waals surface area contributed by atoms with Crippen LogP contribution in [-0.2, 0) is 4.79 Å². The largest absolute Gasteiger partial charge is 0.495 e. The highest BCUT2D eigenvalue weighted by Crippen LogP contribution is 2.22. The zero-order valence-electron chi connectivity index (χ0n) is 11.4. The van der Waals surface area contributed by atoms with Crippen LogP contribution in [0.5, 0.6) is 5.75 Å². The summed E-state index contributed by atoms with van der Waals surface area (Å²) in [4.78, 5) is 13.9. The Bertz CT molecular complexity index is 380. The number of hydrogen-bond acceptors (Lipinski definition) is 3. The van der Waals surface area contributed by atoms with Crippen LogP contribution in [0.3, 0.4) is 0 Å². The molecule has 0 heterocycles. The Kier molecular flexibility index (Phi) is 6.22. The van der Waals surface area contributed by atoms with E-state index in [9.17, 15) is 4.79 Å². The molecular weight excluding hydrogens is 228 g/mol. The molecule has 0 saturated heterocycles. The van der Waals surface area contributed by atoms with Crippen molar-refractivity contribution in [2.45, 2.75) is 19.8 Å². The molecule has 0 bridgehead atoms. The summed E-state index contributed by atoms with van der Waals surface area (Å²) in [6.07, 6.45) is 2.25. The highest BCUT2D eigenvalue weighted by Gasteiger charge is 2.09. The van der Waals surface area contributed by atoms with Gasteiger partial charge in [-0.3, -0.25) is 9.69 Å². The number of rotatable bonds is 7. The Morgan fingerprint density at radius 1 is 1.39 bits per heavy atom. The Hall–Kier alpha value is -1.55. The fraction of sp³-hybridized carbons (Fsp3) is 0.500. The van der Waals surface area contributed by atoms with E-state index in [0.29, 0.717) is 18.0 Å². The van der Waals surface area contributed by atoms with E-state index >= 15 is 0 Å². The molecule has 1 N–H and O–H groups in total. The molecule has 18 heavy (non-hydrogen) atoms. The van der Waals surface area contributed by atoms with Gasteiger partial charge in [-0.25, -0.2) is 0 Å². The number of ether oxygens (including phenoxy) is 1. The monoisotopic (exact) mass is 250 g/mol. The lowest BCUT2D eigenvalue weighted by molar-refractivity contribution is -0.117. The minimum absolute atomic E-state index is 0.0156. The number of benzene rings is 1. The summed E-state index contributed by atoms with van der Waals surface area (Å²) in [5.41, 5.74) is 0.717. The number of hydrogen-bond donors (Lipinski definition) is 1. The Morgan fingerprint density at radius 3 is 2.78 bits per heavy atom. The molecule has 4 nitrogen and oxygen atoms in total. The van der Waals surface area contributed by atoms with Crippen LogP contribution >= 0.6 is 0 Å². The highest BCUT2D eigenvalue weighted by molar-refractivity contribution is 5.93. The zero-order chi connectivity index (χ0) is 13.4. The molecule has 0 aliphatic carbocycles. The third-order valence-corrected chi connectivity index (χ3v) is 2.69. The van der Waals surface area contributed by atoms with Crippen molar-refractivity contribution in [2.24, 2.45) is 0 Å². The number of likely N-dealkylation sites (N-methyl/N-ethyl adjacent to an activating group) is 1. The quantitative estimate of drug-likeness (QED) is 0.807. The number of unbranched alkanes of at least 4 members (excludes halogenated alkanes) is 1. The van der Waals surface area contributed by atoms with E-state index in [2.05, 4.69) is 12.2 Å². The first-order chi connectivity index (χ1) is 8.67. The van der Waals surface area contributed by atoms with Gasteiger partial charge in [0.1, 0.15) is 5.75 Å². The summed E-state index contributed by atoms with van der Waals surface area (Å²) in [5, 5.41) is 2.86. The van der Waals surface area contributed by atoms with Crippen LogP contribution in [0.1, 0.15) is 19.8 Å². The molecule has 0 spiro atoms. The second-order valence-corrected chi connectivity index (χ2v) is 4.34. The smallest absolute Gasteiger partial charge is 0.238 e. The highest BCUT2D eigenvalue weighted by atomic mass is 16.5. The van der Waals surface area contributed by atoms with Crippen molar-refractivity contribution >= 4 is 11.6 Å². The summed E-state index contributed by atoms with van der Waals surface area (Å²) in [6.45, 7) is 3.48. The van der Waals surface area contributed by atoms with Crippen molar-refractivity contribution in [3.63, 3.8) is 0 Å². The first-order valence-electron chi connectivity index (χ1n) is 6.28. The average molecular weight is 250 g/mol. The molecule has 1 aromatic carbocycles. The van der Waals surface area contributed by atoms with E-state index in [4.69, 9.17) is 4.74 Å². The molecule has 1 amide bonds. The third-order valence-electron chi connectivity index (χ3n) is 2.69. The van der Waals surface area contributed by atoms with E-state index in [-0.39, 0.29) is 5.91 Å². The van der Waals surface area contributed by atoms with Crippen LogP contribution < -0.4 is 10.1 Å². The van der Waals surface area contributed by atoms with Gasteiger partial charge in [-0.05, 0) is 32.1 Å². The molecular formula is C14H22N2O2. The maximum atomic E-state index is 11.8. The van der Waals surface area contributed by atoms with Crippen LogP contribution in [0.2, 0.25) is 0 Å². The number of carbonyl (C=O) groups excluding carboxylic acids is 1. The fourth-order valence-corrected chi connectivity index (χ4v) is 1.69. The van der Waals surface area contributed by atoms with Crippen molar-refractivity contribution in [3.05, 3.63) is 24.3 Å². The van der Waals surface area contributed by atoms with Crippen molar-refractivity contribution in [3.8, 4) is 5.75 Å². The van der Waals surface area contributed by atoms with Gasteiger partial charge < -0.3 is 10.1 Å². The topological polar surface area (TPSA) is 41.6 Å². The summed E-state index contributed by atoms with van der Waals surface area (Å²) in [5.74, 6) is 0.667. The molecule has 1 aromatic rings. The van der Waals surface area contributed by atoms with E-state index in [1.165, 1.54) is 0 Å². The minimum atomic E-state index is -0.0156. The van der Waals surface area contributed by atoms with Gasteiger partial charge >= 0.3 is 0 Å². The molecule has 100 valence electrons. The number of methoxy groups -OCH3 is 1. The lowest BCUT2D eigenvalue weighted by Crippen LogP contribution is -2.30. The average Bonchev–Trinajstić information content (AvgIpc) is 2.36. The van der Waals surface area contributed by atoms with E-state index in [1.54, 1.807) is 7.11 Å². The first kappa shape index (κ1) is 14.5. The Balaban J connectivity index is 2.49. The van der Waals surface area contributed by atoms with Crippen LogP contribution in [0.25, 0.3) is 0 Å². The number of carbonyl (C=O) groups is 1. The molecule has 4 heteroatoms. The van der Waals surface area contributed by atoms with Gasteiger partial charge in [-0.1, -0.05) is 25.5 Å². The maximum absolute atomic E-state index is 11.8. The SMILES string of the molecule is CCCCN(C)CC(=O)Nc1ccccc1OC. The molecule has 0 unspecified atom stereocenters.